The highest BCUT2D eigenvalue weighted by molar-refractivity contribution is 14.1. The van der Waals surface area contributed by atoms with Crippen molar-refractivity contribution in [2.45, 2.75) is 27.1 Å². The van der Waals surface area contributed by atoms with Crippen molar-refractivity contribution in [3.63, 3.8) is 0 Å². The van der Waals surface area contributed by atoms with E-state index in [0.29, 0.717) is 16.9 Å². The number of aliphatic hydroxyl groups excluding tert-OH is 2. The fourth-order valence-electron chi connectivity index (χ4n) is 2.31. The van der Waals surface area contributed by atoms with Gasteiger partial charge in [0.2, 0.25) is 0 Å². The number of benzene rings is 2. The van der Waals surface area contributed by atoms with Crippen LogP contribution in [0.3, 0.4) is 0 Å². The van der Waals surface area contributed by atoms with Crippen molar-refractivity contribution in [3.8, 4) is 0 Å². The number of halogens is 2. The van der Waals surface area contributed by atoms with Gasteiger partial charge in [-0.05, 0) is 95.4 Å². The predicted molar refractivity (Wildman–Crippen MR) is 140 cm³/mol. The predicted octanol–water partition coefficient (Wildman–Crippen LogP) is 3.57. The number of hydrogen-bond donors (Lipinski definition) is 4. The van der Waals surface area contributed by atoms with Gasteiger partial charge in [-0.3, -0.25) is 0 Å². The van der Waals surface area contributed by atoms with E-state index in [0.717, 1.165) is 12.7 Å². The summed E-state index contributed by atoms with van der Waals surface area (Å²) in [6.45, 7) is 3.46. The Morgan fingerprint density at radius 3 is 1.91 bits per heavy atom. The van der Waals surface area contributed by atoms with E-state index in [1.165, 1.54) is 6.20 Å². The molecule has 32 heavy (non-hydrogen) atoms. The standard InChI is InChI=1S/C15H18INO5.C7H8INO/c1-3-21-14(19)12(15(20)22-4-2)8-17-13-6-5-11(16)7-10(13)9-18;8-6-1-2-7(9)5(3-6)4-10/h5-8,17-18H,3-4,9H2,1-2H3;1-3,10H,4,9H2. The van der Waals surface area contributed by atoms with Crippen molar-refractivity contribution in [1.82, 2.24) is 0 Å². The maximum Gasteiger partial charge on any atom is 0.347 e. The third-order valence-corrected chi connectivity index (χ3v) is 5.22. The molecule has 0 radical (unpaired) electrons. The maximum atomic E-state index is 11.8. The minimum Gasteiger partial charge on any atom is -0.462 e. The molecule has 0 unspecified atom stereocenters. The fraction of sp³-hybridized carbons (Fsp3) is 0.273. The Bertz CT molecular complexity index is 930. The van der Waals surface area contributed by atoms with Crippen LogP contribution in [0.2, 0.25) is 0 Å². The first kappa shape index (κ1) is 28.1. The Morgan fingerprint density at radius 2 is 1.44 bits per heavy atom. The molecule has 0 aromatic heterocycles. The molecule has 0 aliphatic heterocycles. The molecule has 0 saturated heterocycles. The Morgan fingerprint density at radius 1 is 0.938 bits per heavy atom. The van der Waals surface area contributed by atoms with Gasteiger partial charge in [-0.1, -0.05) is 0 Å². The van der Waals surface area contributed by atoms with E-state index < -0.39 is 11.9 Å². The van der Waals surface area contributed by atoms with Crippen LogP contribution < -0.4 is 11.1 Å². The zero-order valence-electron chi connectivity index (χ0n) is 17.7. The molecule has 174 valence electrons. The van der Waals surface area contributed by atoms with Gasteiger partial charge in [0.25, 0.3) is 0 Å². The van der Waals surface area contributed by atoms with Crippen LogP contribution in [0.1, 0.15) is 25.0 Å². The SMILES string of the molecule is CCOC(=O)C(=CNc1ccc(I)cc1CO)C(=O)OCC.Nc1ccc(I)cc1CO. The van der Waals surface area contributed by atoms with Crippen LogP contribution >= 0.6 is 45.2 Å². The Balaban J connectivity index is 0.000000425. The highest BCUT2D eigenvalue weighted by Crippen LogP contribution is 2.19. The van der Waals surface area contributed by atoms with E-state index in [1.54, 1.807) is 32.0 Å². The summed E-state index contributed by atoms with van der Waals surface area (Å²) < 4.78 is 11.7. The summed E-state index contributed by atoms with van der Waals surface area (Å²) >= 11 is 4.31. The maximum absolute atomic E-state index is 11.8. The van der Waals surface area contributed by atoms with E-state index in [-0.39, 0.29) is 32.0 Å². The highest BCUT2D eigenvalue weighted by atomic mass is 127. The molecule has 8 nitrogen and oxygen atoms in total. The smallest absolute Gasteiger partial charge is 0.347 e. The molecule has 5 N–H and O–H groups in total. The van der Waals surface area contributed by atoms with Gasteiger partial charge in [0.05, 0.1) is 26.4 Å². The van der Waals surface area contributed by atoms with Gasteiger partial charge in [0.1, 0.15) is 0 Å². The zero-order valence-corrected chi connectivity index (χ0v) is 22.0. The molecule has 0 amide bonds. The van der Waals surface area contributed by atoms with E-state index in [1.807, 2.05) is 18.2 Å². The first-order valence-corrected chi connectivity index (χ1v) is 11.8. The lowest BCUT2D eigenvalue weighted by molar-refractivity contribution is -0.146. The van der Waals surface area contributed by atoms with Crippen LogP contribution in [0.15, 0.2) is 48.2 Å². The van der Waals surface area contributed by atoms with Crippen molar-refractivity contribution in [1.29, 1.82) is 0 Å². The average molecular weight is 668 g/mol. The lowest BCUT2D eigenvalue weighted by atomic mass is 10.2. The van der Waals surface area contributed by atoms with Crippen LogP contribution in [0.4, 0.5) is 11.4 Å². The second-order valence-corrected chi connectivity index (χ2v) is 8.60. The molecular weight excluding hydrogens is 642 g/mol. The zero-order chi connectivity index (χ0) is 24.1. The number of carbonyl (C=O) groups excluding carboxylic acids is 2. The molecule has 0 saturated carbocycles. The highest BCUT2D eigenvalue weighted by Gasteiger charge is 2.21. The number of aliphatic hydroxyl groups is 2. The largest absolute Gasteiger partial charge is 0.462 e. The Kier molecular flexibility index (Phi) is 13.2. The minimum absolute atomic E-state index is 0.0165. The van der Waals surface area contributed by atoms with E-state index in [9.17, 15) is 14.7 Å². The summed E-state index contributed by atoms with van der Waals surface area (Å²) in [5, 5.41) is 21.0. The monoisotopic (exact) mass is 668 g/mol. The first-order chi connectivity index (χ1) is 15.3. The van der Waals surface area contributed by atoms with Crippen LogP contribution in [0, 0.1) is 7.14 Å². The number of nitrogen functional groups attached to an aromatic ring is 1. The molecule has 2 rings (SSSR count). The molecular formula is C22H26I2N2O6. The van der Waals surface area contributed by atoms with Gasteiger partial charge in [-0.2, -0.15) is 0 Å². The summed E-state index contributed by atoms with van der Waals surface area (Å²) in [6, 6.07) is 11.0. The fourth-order valence-corrected chi connectivity index (χ4v) is 3.43. The van der Waals surface area contributed by atoms with E-state index in [4.69, 9.17) is 20.3 Å². The molecule has 2 aromatic carbocycles. The molecule has 10 heteroatoms. The van der Waals surface area contributed by atoms with Crippen LogP contribution in [0.5, 0.6) is 0 Å². The summed E-state index contributed by atoms with van der Waals surface area (Å²) in [4.78, 5) is 23.6. The van der Waals surface area contributed by atoms with Gasteiger partial charge < -0.3 is 30.7 Å². The minimum atomic E-state index is -0.760. The van der Waals surface area contributed by atoms with Crippen molar-refractivity contribution in [2.75, 3.05) is 24.3 Å². The number of ether oxygens (including phenoxy) is 2. The second kappa shape index (κ2) is 15.0. The number of carbonyl (C=O) groups is 2. The molecule has 2 aromatic rings. The molecule has 0 bridgehead atoms. The summed E-state index contributed by atoms with van der Waals surface area (Å²) in [7, 11) is 0. The van der Waals surface area contributed by atoms with Gasteiger partial charge >= 0.3 is 11.9 Å². The number of nitrogens with two attached hydrogens (primary N) is 1. The average Bonchev–Trinajstić information content (AvgIpc) is 2.77. The topological polar surface area (TPSA) is 131 Å². The summed E-state index contributed by atoms with van der Waals surface area (Å²) in [5.74, 6) is -1.52. The number of nitrogens with one attached hydrogen (secondary N) is 1. The van der Waals surface area contributed by atoms with Gasteiger partial charge in [-0.25, -0.2) is 9.59 Å². The van der Waals surface area contributed by atoms with Crippen LogP contribution in [0.25, 0.3) is 0 Å². The second-order valence-electron chi connectivity index (χ2n) is 6.10. The van der Waals surface area contributed by atoms with Gasteiger partial charge in [0, 0.05) is 35.8 Å². The van der Waals surface area contributed by atoms with Crippen molar-refractivity contribution in [3.05, 3.63) is 66.4 Å². The van der Waals surface area contributed by atoms with Crippen LogP contribution in [-0.4, -0.2) is 35.4 Å². The molecule has 0 aliphatic carbocycles. The molecule has 0 spiro atoms. The molecule has 0 atom stereocenters. The van der Waals surface area contributed by atoms with Gasteiger partial charge in [0.15, 0.2) is 5.57 Å². The number of hydrogen-bond acceptors (Lipinski definition) is 8. The molecule has 0 fully saturated rings. The van der Waals surface area contributed by atoms with E-state index >= 15 is 0 Å². The summed E-state index contributed by atoms with van der Waals surface area (Å²) in [6.07, 6.45) is 1.23. The normalized spacial score (nSPS) is 9.81. The Hall–Kier alpha value is -1.90. The van der Waals surface area contributed by atoms with Crippen molar-refractivity contribution >= 4 is 68.5 Å². The first-order valence-electron chi connectivity index (χ1n) is 9.62. The summed E-state index contributed by atoms with van der Waals surface area (Å²) in [5.41, 5.74) is 8.00. The molecule has 0 heterocycles. The lowest BCUT2D eigenvalue weighted by Gasteiger charge is -2.10. The van der Waals surface area contributed by atoms with Crippen LogP contribution in [-0.2, 0) is 32.3 Å². The van der Waals surface area contributed by atoms with E-state index in [2.05, 4.69) is 50.5 Å². The Labute approximate surface area is 214 Å². The number of esters is 2. The number of rotatable bonds is 8. The third kappa shape index (κ3) is 9.30. The number of anilines is 2. The van der Waals surface area contributed by atoms with Gasteiger partial charge in [-0.15, -0.1) is 0 Å². The lowest BCUT2D eigenvalue weighted by Crippen LogP contribution is -2.19. The van der Waals surface area contributed by atoms with Crippen molar-refractivity contribution in [2.24, 2.45) is 0 Å². The third-order valence-electron chi connectivity index (χ3n) is 3.88. The quantitative estimate of drug-likeness (QED) is 0.0840. The van der Waals surface area contributed by atoms with Crippen molar-refractivity contribution < 1.29 is 29.3 Å². The molecule has 0 aliphatic rings.